The van der Waals surface area contributed by atoms with Gasteiger partial charge >= 0.3 is 0 Å². The highest BCUT2D eigenvalue weighted by atomic mass is 16.1. The molecule has 0 radical (unpaired) electrons. The molecule has 0 unspecified atom stereocenters. The van der Waals surface area contributed by atoms with Crippen LogP contribution in [-0.4, -0.2) is 38.0 Å². The standard InChI is InChI=1S/C14H11NO.C5H14N2/c16-14-9-12-8-11(6-7-13(12)15-14)10-4-2-1-3-5-10;1-7(2)5-3-4-6/h1-8H,9H2,(H,15,16);3-6H2,1-2H3. The lowest BCUT2D eigenvalue weighted by molar-refractivity contribution is -0.115. The third-order valence-corrected chi connectivity index (χ3v) is 3.65. The predicted octanol–water partition coefficient (Wildman–Crippen LogP) is 2.75. The first-order valence-corrected chi connectivity index (χ1v) is 7.93. The van der Waals surface area contributed by atoms with Crippen molar-refractivity contribution in [3.8, 4) is 11.1 Å². The molecule has 0 saturated heterocycles. The molecule has 1 aliphatic rings. The minimum absolute atomic E-state index is 0.0835. The second-order valence-corrected chi connectivity index (χ2v) is 5.91. The van der Waals surface area contributed by atoms with Crippen LogP contribution in [0.5, 0.6) is 0 Å². The van der Waals surface area contributed by atoms with Crippen molar-refractivity contribution in [1.29, 1.82) is 0 Å². The summed E-state index contributed by atoms with van der Waals surface area (Å²) in [6.07, 6.45) is 1.60. The van der Waals surface area contributed by atoms with Crippen molar-refractivity contribution in [2.75, 3.05) is 32.5 Å². The molecule has 2 aromatic rings. The first kappa shape index (κ1) is 17.2. The highest BCUT2D eigenvalue weighted by molar-refractivity contribution is 5.99. The number of nitrogens with two attached hydrogens (primary N) is 1. The fourth-order valence-corrected chi connectivity index (χ4v) is 2.45. The minimum Gasteiger partial charge on any atom is -0.330 e. The van der Waals surface area contributed by atoms with Crippen molar-refractivity contribution in [2.24, 2.45) is 5.73 Å². The summed E-state index contributed by atoms with van der Waals surface area (Å²) in [5.41, 5.74) is 9.64. The summed E-state index contributed by atoms with van der Waals surface area (Å²) in [5, 5.41) is 2.84. The van der Waals surface area contributed by atoms with Crippen LogP contribution in [0.25, 0.3) is 11.1 Å². The summed E-state index contributed by atoms with van der Waals surface area (Å²) in [5.74, 6) is 0.0835. The Morgan fingerprint density at radius 1 is 1.09 bits per heavy atom. The maximum Gasteiger partial charge on any atom is 0.228 e. The van der Waals surface area contributed by atoms with Gasteiger partial charge in [-0.3, -0.25) is 4.79 Å². The van der Waals surface area contributed by atoms with Gasteiger partial charge in [-0.05, 0) is 62.4 Å². The van der Waals surface area contributed by atoms with E-state index in [0.29, 0.717) is 6.42 Å². The molecule has 23 heavy (non-hydrogen) atoms. The molecule has 1 amide bonds. The molecular formula is C19H25N3O. The molecule has 0 atom stereocenters. The van der Waals surface area contributed by atoms with Crippen LogP contribution in [0.2, 0.25) is 0 Å². The van der Waals surface area contributed by atoms with Gasteiger partial charge in [0.05, 0.1) is 6.42 Å². The highest BCUT2D eigenvalue weighted by Gasteiger charge is 2.17. The number of carbonyl (C=O) groups is 1. The van der Waals surface area contributed by atoms with E-state index in [1.807, 2.05) is 30.3 Å². The molecule has 4 heteroatoms. The van der Waals surface area contributed by atoms with Gasteiger partial charge in [0.2, 0.25) is 5.91 Å². The number of amides is 1. The molecule has 0 saturated carbocycles. The van der Waals surface area contributed by atoms with Gasteiger partial charge in [0.1, 0.15) is 0 Å². The van der Waals surface area contributed by atoms with Gasteiger partial charge < -0.3 is 16.0 Å². The average Bonchev–Trinajstić information content (AvgIpc) is 2.93. The van der Waals surface area contributed by atoms with Crippen molar-refractivity contribution in [3.05, 3.63) is 54.1 Å². The third kappa shape index (κ3) is 5.20. The van der Waals surface area contributed by atoms with Crippen LogP contribution < -0.4 is 11.1 Å². The van der Waals surface area contributed by atoms with E-state index < -0.39 is 0 Å². The molecule has 0 aromatic heterocycles. The van der Waals surface area contributed by atoms with Crippen molar-refractivity contribution in [3.63, 3.8) is 0 Å². The Bertz CT molecular complexity index is 638. The van der Waals surface area contributed by atoms with E-state index in [1.165, 1.54) is 5.56 Å². The minimum atomic E-state index is 0.0835. The number of anilines is 1. The van der Waals surface area contributed by atoms with Gasteiger partial charge in [-0.2, -0.15) is 0 Å². The van der Waals surface area contributed by atoms with Crippen molar-refractivity contribution >= 4 is 11.6 Å². The lowest BCUT2D eigenvalue weighted by Gasteiger charge is -2.05. The Hall–Kier alpha value is -2.17. The molecule has 122 valence electrons. The smallest absolute Gasteiger partial charge is 0.228 e. The number of benzene rings is 2. The molecule has 0 spiro atoms. The van der Waals surface area contributed by atoms with E-state index in [4.69, 9.17) is 5.73 Å². The maximum atomic E-state index is 11.2. The molecular weight excluding hydrogens is 286 g/mol. The van der Waals surface area contributed by atoms with Gasteiger partial charge in [-0.1, -0.05) is 36.4 Å². The SMILES string of the molecule is CN(C)CCCN.O=C1Cc2cc(-c3ccccc3)ccc2N1. The molecule has 3 rings (SSSR count). The van der Waals surface area contributed by atoms with Crippen LogP contribution in [-0.2, 0) is 11.2 Å². The van der Waals surface area contributed by atoms with E-state index in [1.54, 1.807) is 0 Å². The fourth-order valence-electron chi connectivity index (χ4n) is 2.45. The Labute approximate surface area is 138 Å². The first-order chi connectivity index (χ1) is 11.1. The Kier molecular flexibility index (Phi) is 6.32. The van der Waals surface area contributed by atoms with Crippen LogP contribution in [0.1, 0.15) is 12.0 Å². The summed E-state index contributed by atoms with van der Waals surface area (Å²) in [6, 6.07) is 16.3. The monoisotopic (exact) mass is 311 g/mol. The van der Waals surface area contributed by atoms with E-state index in [9.17, 15) is 4.79 Å². The summed E-state index contributed by atoms with van der Waals surface area (Å²) in [7, 11) is 4.10. The topological polar surface area (TPSA) is 58.4 Å². The Balaban J connectivity index is 0.000000236. The lowest BCUT2D eigenvalue weighted by atomic mass is 10.0. The number of rotatable bonds is 4. The second-order valence-electron chi connectivity index (χ2n) is 5.91. The van der Waals surface area contributed by atoms with Gasteiger partial charge in [0, 0.05) is 5.69 Å². The van der Waals surface area contributed by atoms with E-state index in [-0.39, 0.29) is 5.91 Å². The summed E-state index contributed by atoms with van der Waals surface area (Å²) in [4.78, 5) is 13.4. The predicted molar refractivity (Wildman–Crippen MR) is 96.4 cm³/mol. The molecule has 4 nitrogen and oxygen atoms in total. The molecule has 2 aromatic carbocycles. The van der Waals surface area contributed by atoms with Crippen LogP contribution in [0.4, 0.5) is 5.69 Å². The second kappa shape index (κ2) is 8.46. The average molecular weight is 311 g/mol. The molecule has 0 fully saturated rings. The molecule has 0 bridgehead atoms. The van der Waals surface area contributed by atoms with Crippen LogP contribution >= 0.6 is 0 Å². The number of fused-ring (bicyclic) bond motifs is 1. The molecule has 3 N–H and O–H groups in total. The van der Waals surface area contributed by atoms with E-state index >= 15 is 0 Å². The maximum absolute atomic E-state index is 11.2. The van der Waals surface area contributed by atoms with Gasteiger partial charge in [0.15, 0.2) is 0 Å². The zero-order valence-electron chi connectivity index (χ0n) is 13.9. The zero-order chi connectivity index (χ0) is 16.7. The van der Waals surface area contributed by atoms with Gasteiger partial charge in [-0.15, -0.1) is 0 Å². The number of carbonyl (C=O) groups excluding carboxylic acids is 1. The Morgan fingerprint density at radius 2 is 1.83 bits per heavy atom. The number of hydrogen-bond acceptors (Lipinski definition) is 3. The quantitative estimate of drug-likeness (QED) is 0.913. The fraction of sp³-hybridized carbons (Fsp3) is 0.316. The zero-order valence-corrected chi connectivity index (χ0v) is 13.9. The van der Waals surface area contributed by atoms with Crippen molar-refractivity contribution < 1.29 is 4.79 Å². The summed E-state index contributed by atoms with van der Waals surface area (Å²) < 4.78 is 0. The van der Waals surface area contributed by atoms with Gasteiger partial charge in [-0.25, -0.2) is 0 Å². The lowest BCUT2D eigenvalue weighted by Crippen LogP contribution is -2.16. The first-order valence-electron chi connectivity index (χ1n) is 7.93. The normalized spacial score (nSPS) is 12.4. The van der Waals surface area contributed by atoms with Crippen molar-refractivity contribution in [2.45, 2.75) is 12.8 Å². The summed E-state index contributed by atoms with van der Waals surface area (Å²) in [6.45, 7) is 1.91. The van der Waals surface area contributed by atoms with Crippen LogP contribution in [0.3, 0.4) is 0 Å². The number of hydrogen-bond donors (Lipinski definition) is 2. The third-order valence-electron chi connectivity index (χ3n) is 3.65. The summed E-state index contributed by atoms with van der Waals surface area (Å²) >= 11 is 0. The van der Waals surface area contributed by atoms with Crippen molar-refractivity contribution in [1.82, 2.24) is 4.90 Å². The van der Waals surface area contributed by atoms with Crippen LogP contribution in [0.15, 0.2) is 48.5 Å². The van der Waals surface area contributed by atoms with E-state index in [2.05, 4.69) is 42.5 Å². The number of nitrogens with zero attached hydrogens (tertiary/aromatic N) is 1. The molecule has 1 heterocycles. The van der Waals surface area contributed by atoms with Crippen LogP contribution in [0, 0.1) is 0 Å². The van der Waals surface area contributed by atoms with E-state index in [0.717, 1.165) is 36.3 Å². The van der Waals surface area contributed by atoms with Gasteiger partial charge in [0.25, 0.3) is 0 Å². The largest absolute Gasteiger partial charge is 0.330 e. The number of nitrogens with one attached hydrogen (secondary N) is 1. The Morgan fingerprint density at radius 3 is 2.43 bits per heavy atom. The molecule has 1 aliphatic heterocycles. The highest BCUT2D eigenvalue weighted by Crippen LogP contribution is 2.28. The molecule has 0 aliphatic carbocycles.